The Balaban J connectivity index is 1.52. The molecule has 3 heterocycles. The molecule has 1 unspecified atom stereocenters. The number of nitrogens with one attached hydrogen (secondary N) is 2. The summed E-state index contributed by atoms with van der Waals surface area (Å²) in [5.74, 6) is -2.03. The summed E-state index contributed by atoms with van der Waals surface area (Å²) >= 11 is 0. The van der Waals surface area contributed by atoms with Crippen LogP contribution in [-0.2, 0) is 20.8 Å². The molecule has 0 saturated carbocycles. The highest BCUT2D eigenvalue weighted by molar-refractivity contribution is 6.21. The van der Waals surface area contributed by atoms with Crippen LogP contribution in [0.4, 0.5) is 4.79 Å². The Morgan fingerprint density at radius 2 is 1.80 bits per heavy atom. The minimum absolute atomic E-state index is 0.0315. The second-order valence-electron chi connectivity index (χ2n) is 7.78. The number of carbonyl (C=O) groups is 5. The van der Waals surface area contributed by atoms with E-state index in [1.807, 2.05) is 0 Å². The van der Waals surface area contributed by atoms with Gasteiger partial charge in [-0.3, -0.25) is 14.5 Å². The molecule has 0 fully saturated rings. The lowest BCUT2D eigenvalue weighted by Gasteiger charge is -2.28. The summed E-state index contributed by atoms with van der Waals surface area (Å²) in [6, 6.07) is 6.22. The van der Waals surface area contributed by atoms with Gasteiger partial charge in [-0.2, -0.15) is 0 Å². The van der Waals surface area contributed by atoms with Gasteiger partial charge in [0.2, 0.25) is 0 Å². The van der Waals surface area contributed by atoms with Gasteiger partial charge in [0.05, 0.1) is 53.4 Å². The fraction of sp³-hybridized carbons (Fsp3) is 0.292. The molecule has 0 aliphatic carbocycles. The fourth-order valence-corrected chi connectivity index (χ4v) is 3.92. The van der Waals surface area contributed by atoms with Gasteiger partial charge in [-0.15, -0.1) is 0 Å². The van der Waals surface area contributed by atoms with E-state index in [9.17, 15) is 24.0 Å². The second kappa shape index (κ2) is 9.84. The molecule has 1 atom stereocenters. The van der Waals surface area contributed by atoms with E-state index >= 15 is 0 Å². The highest BCUT2D eigenvalue weighted by atomic mass is 16.5. The predicted octanol–water partition coefficient (Wildman–Crippen LogP) is 2.14. The molecule has 35 heavy (non-hydrogen) atoms. The van der Waals surface area contributed by atoms with Gasteiger partial charge in [0.15, 0.2) is 0 Å². The number of amides is 4. The largest absolute Gasteiger partial charge is 0.467 e. The lowest BCUT2D eigenvalue weighted by atomic mass is 10.0. The van der Waals surface area contributed by atoms with Crippen LogP contribution >= 0.6 is 0 Å². The van der Waals surface area contributed by atoms with Gasteiger partial charge in [0, 0.05) is 0 Å². The number of esters is 2. The van der Waals surface area contributed by atoms with Crippen LogP contribution in [0.1, 0.15) is 57.1 Å². The number of carbonyl (C=O) groups excluding carboxylic acids is 5. The van der Waals surface area contributed by atoms with E-state index in [-0.39, 0.29) is 41.1 Å². The molecule has 11 heteroatoms. The maximum absolute atomic E-state index is 12.8. The predicted molar refractivity (Wildman–Crippen MR) is 119 cm³/mol. The molecule has 2 aliphatic rings. The number of fused-ring (bicyclic) bond motifs is 1. The second-order valence-corrected chi connectivity index (χ2v) is 7.78. The van der Waals surface area contributed by atoms with Gasteiger partial charge >= 0.3 is 18.0 Å². The van der Waals surface area contributed by atoms with E-state index in [1.54, 1.807) is 26.0 Å². The van der Waals surface area contributed by atoms with Gasteiger partial charge in [-0.1, -0.05) is 6.92 Å². The summed E-state index contributed by atoms with van der Waals surface area (Å²) < 4.78 is 15.6. The summed E-state index contributed by atoms with van der Waals surface area (Å²) in [7, 11) is 0. The average molecular weight is 481 g/mol. The van der Waals surface area contributed by atoms with Crippen molar-refractivity contribution in [2.45, 2.75) is 32.9 Å². The van der Waals surface area contributed by atoms with Crippen molar-refractivity contribution < 1.29 is 37.9 Å². The van der Waals surface area contributed by atoms with E-state index in [0.717, 1.165) is 4.90 Å². The maximum Gasteiger partial charge on any atom is 0.338 e. The molecule has 1 aromatic heterocycles. The Labute approximate surface area is 200 Å². The quantitative estimate of drug-likeness (QED) is 0.431. The summed E-state index contributed by atoms with van der Waals surface area (Å²) in [5, 5.41) is 5.13. The first-order valence-corrected chi connectivity index (χ1v) is 11.0. The van der Waals surface area contributed by atoms with Crippen LogP contribution in [-0.4, -0.2) is 53.9 Å². The van der Waals surface area contributed by atoms with Crippen molar-refractivity contribution in [2.75, 3.05) is 13.2 Å². The number of hydrogen-bond acceptors (Lipinski definition) is 8. The Morgan fingerprint density at radius 3 is 2.49 bits per heavy atom. The molecule has 0 saturated heterocycles. The highest BCUT2D eigenvalue weighted by Crippen LogP contribution is 2.26. The van der Waals surface area contributed by atoms with Gasteiger partial charge in [0.1, 0.15) is 12.4 Å². The number of nitrogens with zero attached hydrogens (tertiary/aromatic N) is 1. The minimum atomic E-state index is -0.797. The van der Waals surface area contributed by atoms with Crippen molar-refractivity contribution in [3.05, 3.63) is 70.3 Å². The van der Waals surface area contributed by atoms with Crippen molar-refractivity contribution >= 4 is 29.8 Å². The summed E-state index contributed by atoms with van der Waals surface area (Å²) in [5.41, 5.74) is 0.565. The number of rotatable bonds is 8. The summed E-state index contributed by atoms with van der Waals surface area (Å²) in [4.78, 5) is 63.6. The molecule has 182 valence electrons. The molecule has 2 N–H and O–H groups in total. The zero-order valence-corrected chi connectivity index (χ0v) is 19.1. The maximum atomic E-state index is 12.8. The third kappa shape index (κ3) is 4.65. The molecule has 11 nitrogen and oxygen atoms in total. The topological polar surface area (TPSA) is 144 Å². The van der Waals surface area contributed by atoms with Crippen molar-refractivity contribution in [3.63, 3.8) is 0 Å². The Morgan fingerprint density at radius 1 is 1.03 bits per heavy atom. The zero-order chi connectivity index (χ0) is 25.1. The molecule has 4 amide bonds. The standard InChI is InChI=1S/C24H23N3O8/c1-3-17-19(23(31)33-4-2)18(26-24(32)25-17)12-35-22(30)13-7-8-15-16(10-13)21(29)27(20(15)28)11-14-6-5-9-34-14/h5-10,17H,3-4,11-12H2,1-2H3,(H2,25,26,32). The lowest BCUT2D eigenvalue weighted by molar-refractivity contribution is -0.139. The van der Waals surface area contributed by atoms with Crippen LogP contribution < -0.4 is 10.6 Å². The molecule has 2 aromatic rings. The van der Waals surface area contributed by atoms with Crippen LogP contribution in [0.3, 0.4) is 0 Å². The molecule has 0 spiro atoms. The molecule has 4 rings (SSSR count). The van der Waals surface area contributed by atoms with Gasteiger partial charge in [-0.05, 0) is 43.7 Å². The first kappa shape index (κ1) is 23.7. The van der Waals surface area contributed by atoms with Crippen LogP contribution in [0.2, 0.25) is 0 Å². The van der Waals surface area contributed by atoms with Gasteiger partial charge < -0.3 is 24.5 Å². The number of ether oxygens (including phenoxy) is 2. The molecule has 0 radical (unpaired) electrons. The minimum Gasteiger partial charge on any atom is -0.467 e. The van der Waals surface area contributed by atoms with E-state index in [2.05, 4.69) is 10.6 Å². The normalized spacial score (nSPS) is 17.1. The Bertz CT molecular complexity index is 1230. The lowest BCUT2D eigenvalue weighted by Crippen LogP contribution is -2.51. The number of urea groups is 1. The Kier molecular flexibility index (Phi) is 6.67. The van der Waals surface area contributed by atoms with Crippen molar-refractivity contribution in [1.82, 2.24) is 15.5 Å². The number of benzene rings is 1. The average Bonchev–Trinajstić information content (AvgIpc) is 3.44. The molecule has 2 aliphatic heterocycles. The van der Waals surface area contributed by atoms with Crippen LogP contribution in [0, 0.1) is 0 Å². The summed E-state index contributed by atoms with van der Waals surface area (Å²) in [6.45, 7) is 3.15. The van der Waals surface area contributed by atoms with Gasteiger partial charge in [0.25, 0.3) is 11.8 Å². The van der Waals surface area contributed by atoms with Crippen LogP contribution in [0.5, 0.6) is 0 Å². The first-order chi connectivity index (χ1) is 16.8. The number of hydrogen-bond donors (Lipinski definition) is 2. The zero-order valence-electron chi connectivity index (χ0n) is 19.1. The molecular formula is C24H23N3O8. The first-order valence-electron chi connectivity index (χ1n) is 11.0. The molecular weight excluding hydrogens is 458 g/mol. The van der Waals surface area contributed by atoms with E-state index in [0.29, 0.717) is 12.2 Å². The summed E-state index contributed by atoms with van der Waals surface area (Å²) in [6.07, 6.45) is 1.87. The van der Waals surface area contributed by atoms with Crippen molar-refractivity contribution in [3.8, 4) is 0 Å². The third-order valence-electron chi connectivity index (χ3n) is 5.59. The molecule has 0 bridgehead atoms. The molecule has 1 aromatic carbocycles. The highest BCUT2D eigenvalue weighted by Gasteiger charge is 2.37. The van der Waals surface area contributed by atoms with E-state index in [4.69, 9.17) is 13.9 Å². The fourth-order valence-electron chi connectivity index (χ4n) is 3.92. The van der Waals surface area contributed by atoms with Crippen LogP contribution in [0.25, 0.3) is 0 Å². The number of imide groups is 1. The van der Waals surface area contributed by atoms with Crippen molar-refractivity contribution in [1.29, 1.82) is 0 Å². The van der Waals surface area contributed by atoms with Gasteiger partial charge in [-0.25, -0.2) is 14.4 Å². The third-order valence-corrected chi connectivity index (χ3v) is 5.59. The van der Waals surface area contributed by atoms with Crippen molar-refractivity contribution in [2.24, 2.45) is 0 Å². The number of furan rings is 1. The van der Waals surface area contributed by atoms with Crippen LogP contribution in [0.15, 0.2) is 52.3 Å². The SMILES string of the molecule is CCOC(=O)C1=C(COC(=O)c2ccc3c(c2)C(=O)N(Cc2ccco2)C3=O)NC(=O)NC1CC. The van der Waals surface area contributed by atoms with E-state index < -0.39 is 42.4 Å². The smallest absolute Gasteiger partial charge is 0.338 e. The monoisotopic (exact) mass is 481 g/mol. The van der Waals surface area contributed by atoms with E-state index in [1.165, 1.54) is 24.5 Å². The Hall–Kier alpha value is -4.41.